The number of carbonyl (C=O) groups excluding carboxylic acids is 3. The summed E-state index contributed by atoms with van der Waals surface area (Å²) in [5.74, 6) is -5.34. The van der Waals surface area contributed by atoms with Crippen molar-refractivity contribution in [2.24, 2.45) is 33.8 Å². The van der Waals surface area contributed by atoms with Crippen molar-refractivity contribution in [2.45, 2.75) is 154 Å². The van der Waals surface area contributed by atoms with Gasteiger partial charge >= 0.3 is 5.97 Å². The van der Waals surface area contributed by atoms with Crippen molar-refractivity contribution in [3.63, 3.8) is 0 Å². The molecular weight excluding hydrogens is 775 g/mol. The highest BCUT2D eigenvalue weighted by molar-refractivity contribution is 6.01. The third-order valence-electron chi connectivity index (χ3n) is 13.1. The molecule has 0 aliphatic carbocycles. The first-order valence-electron chi connectivity index (χ1n) is 21.5. The maximum atomic E-state index is 14.5. The van der Waals surface area contributed by atoms with Crippen molar-refractivity contribution in [3.8, 4) is 0 Å². The van der Waals surface area contributed by atoms with Gasteiger partial charge in [-0.05, 0) is 91.9 Å². The second-order valence-electron chi connectivity index (χ2n) is 18.0. The van der Waals surface area contributed by atoms with Gasteiger partial charge in [-0.3, -0.25) is 14.4 Å². The van der Waals surface area contributed by atoms with Gasteiger partial charge in [-0.25, -0.2) is 9.98 Å². The van der Waals surface area contributed by atoms with Crippen LogP contribution in [0.25, 0.3) is 11.0 Å². The molecule has 1 aromatic heterocycles. The number of ketones is 1. The maximum absolute atomic E-state index is 14.5. The number of ether oxygens (including phenoxy) is 5. The summed E-state index contributed by atoms with van der Waals surface area (Å²) in [6, 6.07) is 7.52. The van der Waals surface area contributed by atoms with Crippen molar-refractivity contribution < 1.29 is 53.1 Å². The standard InChI is InChI=1S/C44H65N5O11/c1-11-34-44(8,54)39-26(4)35-24(2)20-43(7,38(27(5)36(50)28(6)41(53)58-34)59-42-37(51)32(48(9)10)19-25(3)57-42)56-22-29(21-55-39)47-60-33(40(52)46-35)17-14-18-49-23-45-30-15-12-13-16-31(30)49/h12-13,15-16,23-28,32-34,37-39,42,51,54H,11,14,17-22H2,1-10H3/b46-35?,47-29-/t24-,25-,26+,27+,28-,32+,33?,34-,37-,38-,39-,42+,43-,44-/m1/s1. The quantitative estimate of drug-likeness (QED) is 0.285. The van der Waals surface area contributed by atoms with Crippen LogP contribution >= 0.6 is 0 Å². The summed E-state index contributed by atoms with van der Waals surface area (Å²) in [4.78, 5) is 60.0. The van der Waals surface area contributed by atoms with E-state index in [2.05, 4.69) is 10.1 Å². The number of cyclic esters (lactones) is 1. The zero-order chi connectivity index (χ0) is 43.7. The van der Waals surface area contributed by atoms with Crippen molar-refractivity contribution >= 4 is 40.1 Å². The molecule has 60 heavy (non-hydrogen) atoms. The normalized spacial score (nSPS) is 39.6. The first-order chi connectivity index (χ1) is 28.4. The van der Waals surface area contributed by atoms with E-state index in [1.807, 2.05) is 75.5 Å². The number of hydrogen-bond donors (Lipinski definition) is 2. The maximum Gasteiger partial charge on any atom is 0.316 e. The molecule has 0 saturated carbocycles. The second-order valence-corrected chi connectivity index (χ2v) is 18.0. The summed E-state index contributed by atoms with van der Waals surface area (Å²) in [5, 5.41) is 28.6. The topological polar surface area (TPSA) is 193 Å². The predicted octanol–water partition coefficient (Wildman–Crippen LogP) is 4.11. The average Bonchev–Trinajstić information content (AvgIpc) is 3.61. The van der Waals surface area contributed by atoms with Gasteiger partial charge in [-0.15, -0.1) is 0 Å². The smallest absolute Gasteiger partial charge is 0.316 e. The molecule has 0 spiro atoms. The minimum absolute atomic E-state index is 0.165. The number of Topliss-reactive ketones (excluding diaryl/α,β-unsaturated/α-hetero) is 1. The Morgan fingerprint density at radius 3 is 2.48 bits per heavy atom. The van der Waals surface area contributed by atoms with Crippen LogP contribution in [0.2, 0.25) is 0 Å². The van der Waals surface area contributed by atoms with Crippen molar-refractivity contribution in [2.75, 3.05) is 27.3 Å². The van der Waals surface area contributed by atoms with Gasteiger partial charge in [0.2, 0.25) is 6.10 Å². The van der Waals surface area contributed by atoms with Crippen molar-refractivity contribution in [3.05, 3.63) is 30.6 Å². The van der Waals surface area contributed by atoms with Gasteiger partial charge in [0.1, 0.15) is 29.4 Å². The van der Waals surface area contributed by atoms with Crippen molar-refractivity contribution in [1.82, 2.24) is 14.5 Å². The number of aliphatic imine (C=N–C) groups is 1. The first-order valence-corrected chi connectivity index (χ1v) is 21.5. The average molecular weight is 840 g/mol. The Morgan fingerprint density at radius 2 is 1.77 bits per heavy atom. The van der Waals surface area contributed by atoms with E-state index in [0.717, 1.165) is 11.0 Å². The van der Waals surface area contributed by atoms with Crippen LogP contribution in [0.15, 0.2) is 40.7 Å². The lowest BCUT2D eigenvalue weighted by Gasteiger charge is -2.47. The summed E-state index contributed by atoms with van der Waals surface area (Å²) in [7, 11) is 3.75. The minimum Gasteiger partial charge on any atom is -0.459 e. The SMILES string of the molecule is CC[C@H]1OC(=O)[C@H](C)C(=O)[C@H](C)[C@@H](O[C@@H]2O[C@H](C)C[C@H](N(C)C)[C@H]2O)[C@@]2(C)C[C@@H](C)C3=NC(=O)C(CCCn4cnc5ccccc54)O/N=C(/CO[C@H]([C@H]3C)[C@]1(C)O)CO2. The Labute approximate surface area is 352 Å². The van der Waals surface area contributed by atoms with E-state index < -0.39 is 89.3 Å². The molecule has 6 rings (SSSR count). The Hall–Kier alpha value is -3.64. The van der Waals surface area contributed by atoms with Crippen LogP contribution in [0.4, 0.5) is 0 Å². The number of likely N-dealkylation sites (N-methyl/N-ethyl adjacent to an activating group) is 1. The lowest BCUT2D eigenvalue weighted by molar-refractivity contribution is -0.296. The summed E-state index contributed by atoms with van der Waals surface area (Å²) in [6.45, 7) is 14.1. The molecular formula is C44H65N5O11. The third-order valence-corrected chi connectivity index (χ3v) is 13.1. The largest absolute Gasteiger partial charge is 0.459 e. The van der Waals surface area contributed by atoms with Crippen LogP contribution in [0.3, 0.4) is 0 Å². The fourth-order valence-electron chi connectivity index (χ4n) is 9.62. The molecule has 4 aliphatic rings. The molecule has 1 unspecified atom stereocenters. The van der Waals surface area contributed by atoms with Gasteiger partial charge in [0.05, 0.1) is 54.5 Å². The Kier molecular flexibility index (Phi) is 14.4. The fraction of sp³-hybridized carbons (Fsp3) is 0.727. The molecule has 5 heterocycles. The zero-order valence-electron chi connectivity index (χ0n) is 36.8. The van der Waals surface area contributed by atoms with Crippen LogP contribution in [0, 0.1) is 23.7 Å². The molecule has 4 aliphatic heterocycles. The number of esters is 1. The number of fused-ring (bicyclic) bond motifs is 5. The fourth-order valence-corrected chi connectivity index (χ4v) is 9.62. The number of aromatic nitrogens is 2. The van der Waals surface area contributed by atoms with E-state index in [4.69, 9.17) is 33.5 Å². The molecule has 4 bridgehead atoms. The van der Waals surface area contributed by atoms with Gasteiger partial charge in [-0.2, -0.15) is 0 Å². The first kappa shape index (κ1) is 45.9. The van der Waals surface area contributed by atoms with Crippen LogP contribution in [0.5, 0.6) is 0 Å². The summed E-state index contributed by atoms with van der Waals surface area (Å²) < 4.78 is 34.5. The van der Waals surface area contributed by atoms with E-state index in [1.165, 1.54) is 13.8 Å². The number of aryl methyl sites for hydroxylation is 1. The summed E-state index contributed by atoms with van der Waals surface area (Å²) in [6.07, 6.45) is -3.34. The molecule has 3 fully saturated rings. The number of benzene rings is 1. The van der Waals surface area contributed by atoms with E-state index in [1.54, 1.807) is 20.2 Å². The molecule has 16 heteroatoms. The summed E-state index contributed by atoms with van der Waals surface area (Å²) >= 11 is 0. The highest BCUT2D eigenvalue weighted by atomic mass is 16.7. The molecule has 14 atom stereocenters. The van der Waals surface area contributed by atoms with E-state index >= 15 is 0 Å². The molecule has 1 aromatic carbocycles. The highest BCUT2D eigenvalue weighted by Gasteiger charge is 2.53. The number of para-hydroxylation sites is 2. The van der Waals surface area contributed by atoms with Gasteiger partial charge in [0, 0.05) is 30.1 Å². The second kappa shape index (κ2) is 18.8. The zero-order valence-corrected chi connectivity index (χ0v) is 36.8. The van der Waals surface area contributed by atoms with Gasteiger partial charge in [0.15, 0.2) is 12.1 Å². The van der Waals surface area contributed by atoms with Crippen LogP contribution in [0.1, 0.15) is 87.5 Å². The number of nitrogens with zero attached hydrogens (tertiary/aromatic N) is 5. The highest BCUT2D eigenvalue weighted by Crippen LogP contribution is 2.40. The van der Waals surface area contributed by atoms with Crippen LogP contribution < -0.4 is 0 Å². The number of hydrogen-bond acceptors (Lipinski definition) is 14. The minimum atomic E-state index is -1.82. The van der Waals surface area contributed by atoms with Gasteiger partial charge in [0.25, 0.3) is 5.91 Å². The van der Waals surface area contributed by atoms with Crippen LogP contribution in [-0.2, 0) is 49.5 Å². The van der Waals surface area contributed by atoms with Crippen molar-refractivity contribution in [1.29, 1.82) is 0 Å². The number of rotatable bonds is 8. The van der Waals surface area contributed by atoms with Gasteiger partial charge in [-0.1, -0.05) is 45.0 Å². The number of amides is 1. The lowest BCUT2D eigenvalue weighted by Crippen LogP contribution is -2.60. The molecule has 3 saturated heterocycles. The lowest BCUT2D eigenvalue weighted by atomic mass is 9.73. The van der Waals surface area contributed by atoms with E-state index in [0.29, 0.717) is 31.5 Å². The Bertz CT molecular complexity index is 1910. The molecule has 2 N–H and O–H groups in total. The molecule has 16 nitrogen and oxygen atoms in total. The van der Waals surface area contributed by atoms with E-state index in [9.17, 15) is 24.6 Å². The molecule has 332 valence electrons. The van der Waals surface area contributed by atoms with E-state index in [-0.39, 0.29) is 43.9 Å². The number of imidazole rings is 1. The molecule has 0 radical (unpaired) electrons. The Morgan fingerprint density at radius 1 is 1.03 bits per heavy atom. The Balaban J connectivity index is 1.44. The summed E-state index contributed by atoms with van der Waals surface area (Å²) in [5.41, 5.74) is -0.652. The number of carbonyl (C=O) groups is 3. The number of aliphatic hydroxyl groups excluding tert-OH is 1. The van der Waals surface area contributed by atoms with Crippen LogP contribution in [-0.4, -0.2) is 141 Å². The molecule has 1 amide bonds. The third kappa shape index (κ3) is 9.54. The number of aliphatic hydroxyl groups is 2. The van der Waals surface area contributed by atoms with Gasteiger partial charge < -0.3 is 48.2 Å². The predicted molar refractivity (Wildman–Crippen MR) is 222 cm³/mol. The molecule has 2 aromatic rings. The number of oxime groups is 1. The monoisotopic (exact) mass is 839 g/mol.